The van der Waals surface area contributed by atoms with Crippen molar-refractivity contribution in [2.45, 2.75) is 17.4 Å². The number of aliphatic hydroxyl groups is 1. The van der Waals surface area contributed by atoms with Gasteiger partial charge in [-0.2, -0.15) is 0 Å². The number of urea groups is 1. The number of carbonyl (C=O) groups is 2. The topological polar surface area (TPSA) is 133 Å². The predicted molar refractivity (Wildman–Crippen MR) is 74.8 cm³/mol. The lowest BCUT2D eigenvalue weighted by atomic mass is 10.2. The molecule has 1 unspecified atom stereocenters. The lowest BCUT2D eigenvalue weighted by molar-refractivity contribution is -0.146. The summed E-state index contributed by atoms with van der Waals surface area (Å²) >= 11 is 0. The summed E-state index contributed by atoms with van der Waals surface area (Å²) < 4.78 is 22.5. The molecule has 4 N–H and O–H groups in total. The number of hydrogen-bond donors (Lipinski definition) is 4. The second-order valence-corrected chi connectivity index (χ2v) is 6.34. The van der Waals surface area contributed by atoms with E-state index in [4.69, 9.17) is 10.2 Å². The van der Waals surface area contributed by atoms with E-state index in [0.29, 0.717) is 5.69 Å². The van der Waals surface area contributed by atoms with Crippen LogP contribution in [0.25, 0.3) is 0 Å². The highest BCUT2D eigenvalue weighted by Gasteiger charge is 2.13. The van der Waals surface area contributed by atoms with Gasteiger partial charge in [0.05, 0.1) is 4.90 Å². The van der Waals surface area contributed by atoms with Gasteiger partial charge < -0.3 is 20.8 Å². The molecule has 0 aromatic heterocycles. The highest BCUT2D eigenvalue weighted by atomic mass is 32.2. The number of carboxylic acids is 1. The molecule has 1 rings (SSSR count). The molecular weight excluding hydrogens is 300 g/mol. The monoisotopic (exact) mass is 316 g/mol. The Morgan fingerprint density at radius 3 is 2.29 bits per heavy atom. The fourth-order valence-electron chi connectivity index (χ4n) is 1.41. The molecule has 0 heterocycles. The summed E-state index contributed by atoms with van der Waals surface area (Å²) in [6.07, 6.45) is -0.564. The average molecular weight is 316 g/mol. The van der Waals surface area contributed by atoms with Gasteiger partial charge in [0, 0.05) is 24.9 Å². The second kappa shape index (κ2) is 7.04. The van der Waals surface area contributed by atoms with Crippen LogP contribution in [0.3, 0.4) is 0 Å². The van der Waals surface area contributed by atoms with Crippen molar-refractivity contribution in [2.24, 2.45) is 0 Å². The number of sulfone groups is 1. The van der Waals surface area contributed by atoms with Crippen LogP contribution in [0.15, 0.2) is 29.2 Å². The molecule has 1 aromatic carbocycles. The van der Waals surface area contributed by atoms with Crippen molar-refractivity contribution in [1.29, 1.82) is 0 Å². The van der Waals surface area contributed by atoms with Gasteiger partial charge in [-0.05, 0) is 24.3 Å². The number of nitrogens with one attached hydrogen (secondary N) is 2. The van der Waals surface area contributed by atoms with Crippen molar-refractivity contribution >= 4 is 27.5 Å². The normalized spacial score (nSPS) is 12.5. The standard InChI is InChI=1S/C12H16N2O6S/c1-21(19,20)9-4-2-8(3-5-9)14-12(18)13-7-6-10(15)11(16)17/h2-5,10,15H,6-7H2,1H3,(H,16,17)(H2,13,14,18). The fourth-order valence-corrected chi connectivity index (χ4v) is 2.04. The van der Waals surface area contributed by atoms with Crippen molar-refractivity contribution in [3.8, 4) is 0 Å². The highest BCUT2D eigenvalue weighted by Crippen LogP contribution is 2.13. The van der Waals surface area contributed by atoms with Gasteiger partial charge in [-0.3, -0.25) is 0 Å². The van der Waals surface area contributed by atoms with E-state index in [0.717, 1.165) is 6.26 Å². The van der Waals surface area contributed by atoms with E-state index >= 15 is 0 Å². The summed E-state index contributed by atoms with van der Waals surface area (Å²) in [6.45, 7) is -0.0132. The first-order chi connectivity index (χ1) is 9.70. The maximum Gasteiger partial charge on any atom is 0.332 e. The fraction of sp³-hybridized carbons (Fsp3) is 0.333. The van der Waals surface area contributed by atoms with Gasteiger partial charge >= 0.3 is 12.0 Å². The van der Waals surface area contributed by atoms with Crippen molar-refractivity contribution in [2.75, 3.05) is 18.1 Å². The summed E-state index contributed by atoms with van der Waals surface area (Å²) in [5.41, 5.74) is 0.388. The molecule has 0 fully saturated rings. The number of rotatable bonds is 6. The van der Waals surface area contributed by atoms with Crippen LogP contribution >= 0.6 is 0 Å². The molecule has 0 saturated carbocycles. The number of aliphatic hydroxyl groups excluding tert-OH is 1. The van der Waals surface area contributed by atoms with E-state index in [1.54, 1.807) is 0 Å². The number of hydrogen-bond acceptors (Lipinski definition) is 5. The molecular formula is C12H16N2O6S. The van der Waals surface area contributed by atoms with Gasteiger partial charge in [0.25, 0.3) is 0 Å². The molecule has 0 aliphatic carbocycles. The zero-order valence-corrected chi connectivity index (χ0v) is 12.1. The molecule has 116 valence electrons. The molecule has 1 aromatic rings. The van der Waals surface area contributed by atoms with E-state index in [-0.39, 0.29) is 17.9 Å². The Hall–Kier alpha value is -2.13. The Morgan fingerprint density at radius 2 is 1.81 bits per heavy atom. The number of carboxylic acid groups (broad SMARTS) is 1. The zero-order valence-electron chi connectivity index (χ0n) is 11.2. The van der Waals surface area contributed by atoms with Crippen LogP contribution in [0.5, 0.6) is 0 Å². The maximum absolute atomic E-state index is 11.5. The van der Waals surface area contributed by atoms with E-state index in [9.17, 15) is 18.0 Å². The van der Waals surface area contributed by atoms with Crippen LogP contribution in [-0.4, -0.2) is 49.5 Å². The highest BCUT2D eigenvalue weighted by molar-refractivity contribution is 7.90. The van der Waals surface area contributed by atoms with Crippen LogP contribution in [0, 0.1) is 0 Å². The minimum Gasteiger partial charge on any atom is -0.479 e. The maximum atomic E-state index is 11.5. The first-order valence-electron chi connectivity index (χ1n) is 5.96. The largest absolute Gasteiger partial charge is 0.479 e. The Balaban J connectivity index is 2.47. The molecule has 0 aliphatic heterocycles. The number of benzene rings is 1. The van der Waals surface area contributed by atoms with Crippen molar-refractivity contribution in [3.63, 3.8) is 0 Å². The van der Waals surface area contributed by atoms with Crippen LogP contribution in [0.4, 0.5) is 10.5 Å². The summed E-state index contributed by atoms with van der Waals surface area (Å²) in [5, 5.41) is 22.3. The molecule has 0 spiro atoms. The van der Waals surface area contributed by atoms with Gasteiger partial charge in [-0.25, -0.2) is 18.0 Å². The number of aliphatic carboxylic acids is 1. The SMILES string of the molecule is CS(=O)(=O)c1ccc(NC(=O)NCCC(O)C(=O)O)cc1. The van der Waals surface area contributed by atoms with Crippen molar-refractivity contribution in [3.05, 3.63) is 24.3 Å². The number of carbonyl (C=O) groups excluding carboxylic acids is 1. The third-order valence-corrected chi connectivity index (χ3v) is 3.66. The van der Waals surface area contributed by atoms with Gasteiger partial charge in [0.2, 0.25) is 0 Å². The molecule has 8 nitrogen and oxygen atoms in total. The third kappa shape index (κ3) is 5.79. The van der Waals surface area contributed by atoms with E-state index in [1.807, 2.05) is 0 Å². The van der Waals surface area contributed by atoms with E-state index in [1.165, 1.54) is 24.3 Å². The van der Waals surface area contributed by atoms with Crippen molar-refractivity contribution in [1.82, 2.24) is 5.32 Å². The average Bonchev–Trinajstić information content (AvgIpc) is 2.38. The van der Waals surface area contributed by atoms with Crippen LogP contribution in [0.2, 0.25) is 0 Å². The summed E-state index contributed by atoms with van der Waals surface area (Å²) in [6, 6.07) is 5.00. The van der Waals surface area contributed by atoms with E-state index in [2.05, 4.69) is 10.6 Å². The number of amides is 2. The van der Waals surface area contributed by atoms with Gasteiger partial charge in [0.15, 0.2) is 15.9 Å². The lowest BCUT2D eigenvalue weighted by Crippen LogP contribution is -2.33. The molecule has 1 atom stereocenters. The molecule has 0 bridgehead atoms. The first-order valence-corrected chi connectivity index (χ1v) is 7.85. The smallest absolute Gasteiger partial charge is 0.332 e. The molecule has 0 radical (unpaired) electrons. The Kier molecular flexibility index (Phi) is 5.68. The minimum atomic E-state index is -3.29. The zero-order chi connectivity index (χ0) is 16.0. The summed E-state index contributed by atoms with van der Waals surface area (Å²) in [7, 11) is -3.29. The molecule has 9 heteroatoms. The number of anilines is 1. The summed E-state index contributed by atoms with van der Waals surface area (Å²) in [4.78, 5) is 22.0. The Morgan fingerprint density at radius 1 is 1.24 bits per heavy atom. The predicted octanol–water partition coefficient (Wildman–Crippen LogP) is 0.0472. The lowest BCUT2D eigenvalue weighted by Gasteiger charge is -2.09. The van der Waals surface area contributed by atoms with Crippen LogP contribution < -0.4 is 10.6 Å². The van der Waals surface area contributed by atoms with Crippen LogP contribution in [0.1, 0.15) is 6.42 Å². The second-order valence-electron chi connectivity index (χ2n) is 4.32. The molecule has 21 heavy (non-hydrogen) atoms. The van der Waals surface area contributed by atoms with E-state index < -0.39 is 27.9 Å². The van der Waals surface area contributed by atoms with Gasteiger partial charge in [-0.1, -0.05) is 0 Å². The first kappa shape index (κ1) is 16.9. The molecule has 0 aliphatic rings. The van der Waals surface area contributed by atoms with Crippen LogP contribution in [-0.2, 0) is 14.6 Å². The van der Waals surface area contributed by atoms with Gasteiger partial charge in [-0.15, -0.1) is 0 Å². The Bertz CT molecular complexity index is 611. The van der Waals surface area contributed by atoms with Crippen molar-refractivity contribution < 1.29 is 28.2 Å². The summed E-state index contributed by atoms with van der Waals surface area (Å²) in [5.74, 6) is -1.35. The molecule has 2 amide bonds. The molecule has 0 saturated heterocycles. The minimum absolute atomic E-state index is 0.0132. The quantitative estimate of drug-likeness (QED) is 0.586. The van der Waals surface area contributed by atoms with Gasteiger partial charge in [0.1, 0.15) is 0 Å². The Labute approximate surface area is 121 Å². The third-order valence-electron chi connectivity index (χ3n) is 2.53.